The van der Waals surface area contributed by atoms with E-state index in [1.807, 2.05) is 36.9 Å². The quantitative estimate of drug-likeness (QED) is 0.745. The molecule has 1 unspecified atom stereocenters. The molecular weight excluding hydrogens is 198 g/mol. The van der Waals surface area contributed by atoms with Gasteiger partial charge in [0.25, 0.3) is 0 Å². The highest BCUT2D eigenvalue weighted by Gasteiger charge is 2.44. The minimum atomic E-state index is -0.375. The Balaban J connectivity index is 2.56. The van der Waals surface area contributed by atoms with E-state index in [1.165, 1.54) is 0 Å². The van der Waals surface area contributed by atoms with Crippen molar-refractivity contribution in [1.29, 1.82) is 0 Å². The molecule has 0 saturated heterocycles. The third kappa shape index (κ3) is 1.36. The molecule has 0 aromatic heterocycles. The average molecular weight is 217 g/mol. The van der Waals surface area contributed by atoms with E-state index in [1.54, 1.807) is 0 Å². The first-order valence-electron chi connectivity index (χ1n) is 5.93. The van der Waals surface area contributed by atoms with E-state index in [4.69, 9.17) is 0 Å². The normalized spacial score (nSPS) is 19.8. The summed E-state index contributed by atoms with van der Waals surface area (Å²) in [4.78, 5) is 14.4. The fourth-order valence-electron chi connectivity index (χ4n) is 2.36. The summed E-state index contributed by atoms with van der Waals surface area (Å²) in [7, 11) is 0. The Kier molecular flexibility index (Phi) is 2.53. The predicted octanol–water partition coefficient (Wildman–Crippen LogP) is 3.11. The number of para-hydroxylation sites is 1. The number of hydrogen-bond donors (Lipinski definition) is 0. The molecule has 16 heavy (non-hydrogen) atoms. The fourth-order valence-corrected chi connectivity index (χ4v) is 2.36. The summed E-state index contributed by atoms with van der Waals surface area (Å²) in [6.45, 7) is 8.25. The second kappa shape index (κ2) is 3.62. The molecular formula is C14H19NO. The van der Waals surface area contributed by atoms with E-state index < -0.39 is 0 Å². The first kappa shape index (κ1) is 11.2. The Hall–Kier alpha value is -1.31. The standard InChI is InChI=1S/C14H19NO/c1-5-10(2)15-12-9-7-6-8-11(12)14(3,4)13(15)16/h6-10H,5H2,1-4H3. The van der Waals surface area contributed by atoms with E-state index in [2.05, 4.69) is 19.9 Å². The molecule has 1 aromatic rings. The molecule has 2 heteroatoms. The minimum Gasteiger partial charge on any atom is -0.309 e. The van der Waals surface area contributed by atoms with Gasteiger partial charge >= 0.3 is 0 Å². The van der Waals surface area contributed by atoms with Gasteiger partial charge < -0.3 is 4.90 Å². The maximum atomic E-state index is 12.4. The largest absolute Gasteiger partial charge is 0.309 e. The third-order valence-electron chi connectivity index (χ3n) is 3.62. The van der Waals surface area contributed by atoms with Crippen LogP contribution in [0, 0.1) is 0 Å². The number of rotatable bonds is 2. The molecule has 1 aliphatic heterocycles. The van der Waals surface area contributed by atoms with Gasteiger partial charge in [-0.05, 0) is 38.8 Å². The molecule has 0 spiro atoms. The van der Waals surface area contributed by atoms with Crippen molar-refractivity contribution < 1.29 is 4.79 Å². The highest BCUT2D eigenvalue weighted by atomic mass is 16.2. The third-order valence-corrected chi connectivity index (χ3v) is 3.62. The molecule has 1 heterocycles. The van der Waals surface area contributed by atoms with E-state index in [0.717, 1.165) is 17.7 Å². The lowest BCUT2D eigenvalue weighted by atomic mass is 9.86. The fraction of sp³-hybridized carbons (Fsp3) is 0.500. The van der Waals surface area contributed by atoms with Crippen LogP contribution in [0.3, 0.4) is 0 Å². The van der Waals surface area contributed by atoms with Crippen molar-refractivity contribution in [2.45, 2.75) is 45.6 Å². The molecule has 0 N–H and O–H groups in total. The van der Waals surface area contributed by atoms with Crippen molar-refractivity contribution in [3.63, 3.8) is 0 Å². The SMILES string of the molecule is CCC(C)N1C(=O)C(C)(C)c2ccccc21. The van der Waals surface area contributed by atoms with Gasteiger partial charge in [-0.25, -0.2) is 0 Å². The summed E-state index contributed by atoms with van der Waals surface area (Å²) in [5, 5.41) is 0. The lowest BCUT2D eigenvalue weighted by Crippen LogP contribution is -2.41. The number of nitrogens with zero attached hydrogens (tertiary/aromatic N) is 1. The van der Waals surface area contributed by atoms with Crippen LogP contribution in [0.4, 0.5) is 5.69 Å². The highest BCUT2D eigenvalue weighted by molar-refractivity contribution is 6.07. The number of hydrogen-bond acceptors (Lipinski definition) is 1. The summed E-state index contributed by atoms with van der Waals surface area (Å²) >= 11 is 0. The molecule has 1 aliphatic rings. The van der Waals surface area contributed by atoms with Gasteiger partial charge in [0.1, 0.15) is 0 Å². The van der Waals surface area contributed by atoms with E-state index >= 15 is 0 Å². The van der Waals surface area contributed by atoms with Crippen LogP contribution in [0.2, 0.25) is 0 Å². The number of carbonyl (C=O) groups is 1. The first-order chi connectivity index (χ1) is 7.50. The number of anilines is 1. The molecule has 0 radical (unpaired) electrons. The van der Waals surface area contributed by atoms with Crippen molar-refractivity contribution >= 4 is 11.6 Å². The van der Waals surface area contributed by atoms with E-state index in [-0.39, 0.29) is 17.4 Å². The van der Waals surface area contributed by atoms with Crippen LogP contribution in [0.15, 0.2) is 24.3 Å². The maximum Gasteiger partial charge on any atom is 0.237 e. The van der Waals surface area contributed by atoms with Crippen molar-refractivity contribution in [1.82, 2.24) is 0 Å². The van der Waals surface area contributed by atoms with Gasteiger partial charge in [-0.15, -0.1) is 0 Å². The molecule has 0 aliphatic carbocycles. The summed E-state index contributed by atoms with van der Waals surface area (Å²) in [5.41, 5.74) is 1.87. The van der Waals surface area contributed by atoms with Gasteiger partial charge in [-0.2, -0.15) is 0 Å². The Bertz CT molecular complexity index is 422. The average Bonchev–Trinajstić information content (AvgIpc) is 2.48. The van der Waals surface area contributed by atoms with Crippen molar-refractivity contribution in [2.75, 3.05) is 4.90 Å². The summed E-state index contributed by atoms with van der Waals surface area (Å²) in [5.74, 6) is 0.225. The van der Waals surface area contributed by atoms with Crippen LogP contribution in [0.1, 0.15) is 39.7 Å². The van der Waals surface area contributed by atoms with E-state index in [9.17, 15) is 4.79 Å². The number of benzene rings is 1. The molecule has 2 nitrogen and oxygen atoms in total. The predicted molar refractivity (Wildman–Crippen MR) is 66.7 cm³/mol. The maximum absolute atomic E-state index is 12.4. The lowest BCUT2D eigenvalue weighted by molar-refractivity contribution is -0.122. The molecule has 1 aromatic carbocycles. The van der Waals surface area contributed by atoms with Gasteiger partial charge in [0.15, 0.2) is 0 Å². The van der Waals surface area contributed by atoms with Gasteiger partial charge in [0.05, 0.1) is 5.41 Å². The van der Waals surface area contributed by atoms with Crippen LogP contribution < -0.4 is 4.90 Å². The molecule has 0 fully saturated rings. The van der Waals surface area contributed by atoms with Crippen molar-refractivity contribution in [3.05, 3.63) is 29.8 Å². The number of fused-ring (bicyclic) bond motifs is 1. The second-order valence-electron chi connectivity index (χ2n) is 5.07. The monoisotopic (exact) mass is 217 g/mol. The highest BCUT2D eigenvalue weighted by Crippen LogP contribution is 2.42. The molecule has 0 saturated carbocycles. The van der Waals surface area contributed by atoms with Crippen LogP contribution >= 0.6 is 0 Å². The number of amides is 1. The second-order valence-corrected chi connectivity index (χ2v) is 5.07. The van der Waals surface area contributed by atoms with Crippen LogP contribution in [0.25, 0.3) is 0 Å². The van der Waals surface area contributed by atoms with Crippen LogP contribution in [-0.4, -0.2) is 11.9 Å². The van der Waals surface area contributed by atoms with Crippen LogP contribution in [0.5, 0.6) is 0 Å². The summed E-state index contributed by atoms with van der Waals surface area (Å²) in [6, 6.07) is 8.40. The number of carbonyl (C=O) groups excluding carboxylic acids is 1. The molecule has 1 atom stereocenters. The Morgan fingerprint density at radius 1 is 1.31 bits per heavy atom. The van der Waals surface area contributed by atoms with Gasteiger partial charge in [-0.1, -0.05) is 25.1 Å². The molecule has 0 bridgehead atoms. The minimum absolute atomic E-state index is 0.225. The van der Waals surface area contributed by atoms with Gasteiger partial charge in [0.2, 0.25) is 5.91 Å². The zero-order valence-electron chi connectivity index (χ0n) is 10.4. The summed E-state index contributed by atoms with van der Waals surface area (Å²) in [6.07, 6.45) is 0.982. The Labute approximate surface area is 97.3 Å². The lowest BCUT2D eigenvalue weighted by Gasteiger charge is -2.26. The van der Waals surface area contributed by atoms with Crippen molar-refractivity contribution in [2.24, 2.45) is 0 Å². The van der Waals surface area contributed by atoms with E-state index in [0.29, 0.717) is 0 Å². The Morgan fingerprint density at radius 2 is 1.94 bits per heavy atom. The zero-order valence-corrected chi connectivity index (χ0v) is 10.4. The molecule has 1 amide bonds. The van der Waals surface area contributed by atoms with Gasteiger partial charge in [0, 0.05) is 11.7 Å². The molecule has 2 rings (SSSR count). The summed E-state index contributed by atoms with van der Waals surface area (Å²) < 4.78 is 0. The smallest absolute Gasteiger partial charge is 0.237 e. The molecule has 86 valence electrons. The van der Waals surface area contributed by atoms with Gasteiger partial charge in [-0.3, -0.25) is 4.79 Å². The zero-order chi connectivity index (χ0) is 11.9. The topological polar surface area (TPSA) is 20.3 Å². The Morgan fingerprint density at radius 3 is 2.56 bits per heavy atom. The van der Waals surface area contributed by atoms with Crippen molar-refractivity contribution in [3.8, 4) is 0 Å². The van der Waals surface area contributed by atoms with Crippen LogP contribution in [-0.2, 0) is 10.2 Å². The first-order valence-corrected chi connectivity index (χ1v) is 5.93.